The van der Waals surface area contributed by atoms with Crippen LogP contribution < -0.4 is 13.7 Å². The van der Waals surface area contributed by atoms with Crippen LogP contribution in [0.3, 0.4) is 0 Å². The van der Waals surface area contributed by atoms with Crippen molar-refractivity contribution in [2.45, 2.75) is 130 Å². The molecule has 2 aromatic carbocycles. The van der Waals surface area contributed by atoms with Crippen molar-refractivity contribution in [2.24, 2.45) is 0 Å². The number of carbonyl (C=O) groups excluding carboxylic acids is 2. The van der Waals surface area contributed by atoms with Crippen molar-refractivity contribution in [1.82, 2.24) is 0 Å². The smallest absolute Gasteiger partial charge is 0.336 e. The van der Waals surface area contributed by atoms with Gasteiger partial charge in [0, 0.05) is 24.0 Å². The van der Waals surface area contributed by atoms with E-state index in [4.69, 9.17) is 18.5 Å². The fourth-order valence-electron chi connectivity index (χ4n) is 5.48. The maximum atomic E-state index is 12.1. The van der Waals surface area contributed by atoms with Crippen LogP contribution in [-0.2, 0) is 40.7 Å². The molecule has 0 N–H and O–H groups in total. The quantitative estimate of drug-likeness (QED) is 0.116. The van der Waals surface area contributed by atoms with Gasteiger partial charge in [-0.15, -0.1) is 11.3 Å². The molecule has 264 valence electrons. The molecule has 0 aliphatic heterocycles. The summed E-state index contributed by atoms with van der Waals surface area (Å²) in [7, 11) is -1.52. The lowest BCUT2D eigenvalue weighted by Crippen LogP contribution is -2.22. The molecule has 3 aromatic rings. The Morgan fingerprint density at radius 2 is 1.06 bits per heavy atom. The summed E-state index contributed by atoms with van der Waals surface area (Å²) in [4.78, 5) is 24.3. The van der Waals surface area contributed by atoms with Crippen LogP contribution >= 0.6 is 19.7 Å². The molecule has 0 aliphatic carbocycles. The van der Waals surface area contributed by atoms with E-state index in [1.54, 1.807) is 11.3 Å². The van der Waals surface area contributed by atoms with Crippen molar-refractivity contribution in [1.29, 1.82) is 0 Å². The molecule has 0 atom stereocenters. The summed E-state index contributed by atoms with van der Waals surface area (Å²) in [6.45, 7) is 26.3. The first-order valence-corrected chi connectivity index (χ1v) is 19.1. The molecule has 0 saturated carbocycles. The number of hydrogen-bond donors (Lipinski definition) is 0. The van der Waals surface area contributed by atoms with E-state index in [2.05, 4.69) is 117 Å². The van der Waals surface area contributed by atoms with Crippen LogP contribution in [0, 0.1) is 0 Å². The standard InChI is InChI=1S/C40H57O6PS/c1-13-43-34(41)21-23-39(9,10)28-17-19-32(30(26-28)37(3,4)5)45-47(36-16-15-25-48-36)46-33-20-18-29(27-31(33)38(6,7)8)40(11,12)24-22-35(42)44-14-2/h15-20,25-27H,13-14,21-24H2,1-12H3. The van der Waals surface area contributed by atoms with E-state index in [-0.39, 0.29) is 33.6 Å². The van der Waals surface area contributed by atoms with Crippen LogP contribution in [-0.4, -0.2) is 25.2 Å². The Morgan fingerprint density at radius 1 is 0.646 bits per heavy atom. The maximum absolute atomic E-state index is 12.1. The molecule has 0 fully saturated rings. The minimum Gasteiger partial charge on any atom is -0.466 e. The van der Waals surface area contributed by atoms with Gasteiger partial charge in [0.05, 0.1) is 13.2 Å². The number of ether oxygens (including phenoxy) is 2. The second-order valence-electron chi connectivity index (χ2n) is 15.7. The van der Waals surface area contributed by atoms with Crippen molar-refractivity contribution in [3.8, 4) is 11.5 Å². The number of rotatable bonds is 15. The first kappa shape index (κ1) is 39.5. The Hall–Kier alpha value is -2.89. The van der Waals surface area contributed by atoms with Gasteiger partial charge in [-0.25, -0.2) is 0 Å². The zero-order valence-corrected chi connectivity index (χ0v) is 33.0. The fraction of sp³-hybridized carbons (Fsp3) is 0.550. The summed E-state index contributed by atoms with van der Waals surface area (Å²) in [5.74, 6) is 1.26. The third-order valence-corrected chi connectivity index (χ3v) is 11.4. The SMILES string of the molecule is CCOC(=O)CCC(C)(C)c1ccc(OP(Oc2ccc(C(C)(C)CCC(=O)OCC)cc2C(C)(C)C)c2cccs2)c(C(C)(C)C)c1. The van der Waals surface area contributed by atoms with Gasteiger partial charge in [-0.2, -0.15) is 0 Å². The van der Waals surface area contributed by atoms with Gasteiger partial charge in [0.1, 0.15) is 16.1 Å². The van der Waals surface area contributed by atoms with E-state index >= 15 is 0 Å². The van der Waals surface area contributed by atoms with E-state index in [0.29, 0.717) is 38.9 Å². The van der Waals surface area contributed by atoms with Crippen LogP contribution in [0.2, 0.25) is 0 Å². The average molecular weight is 697 g/mol. The number of thiophene rings is 1. The third kappa shape index (κ3) is 10.8. The average Bonchev–Trinajstić information content (AvgIpc) is 3.53. The van der Waals surface area contributed by atoms with Crippen LogP contribution in [0.15, 0.2) is 53.9 Å². The summed E-state index contributed by atoms with van der Waals surface area (Å²) >= 11 is 1.63. The second-order valence-corrected chi connectivity index (χ2v) is 18.3. The topological polar surface area (TPSA) is 71.1 Å². The molecule has 1 aromatic heterocycles. The first-order valence-electron chi connectivity index (χ1n) is 17.1. The van der Waals surface area contributed by atoms with Gasteiger partial charge in [-0.05, 0) is 83.1 Å². The Morgan fingerprint density at radius 3 is 1.40 bits per heavy atom. The summed E-state index contributed by atoms with van der Waals surface area (Å²) in [6, 6.07) is 16.9. The maximum Gasteiger partial charge on any atom is 0.336 e. The molecular weight excluding hydrogens is 639 g/mol. The van der Waals surface area contributed by atoms with E-state index in [1.165, 1.54) is 0 Å². The largest absolute Gasteiger partial charge is 0.466 e. The van der Waals surface area contributed by atoms with Gasteiger partial charge in [-0.3, -0.25) is 9.59 Å². The molecule has 0 aliphatic rings. The van der Waals surface area contributed by atoms with Crippen molar-refractivity contribution in [3.63, 3.8) is 0 Å². The molecular formula is C40H57O6PS. The minimum atomic E-state index is -1.52. The van der Waals surface area contributed by atoms with Gasteiger partial charge in [0.25, 0.3) is 0 Å². The van der Waals surface area contributed by atoms with Crippen molar-refractivity contribution in [3.05, 3.63) is 76.2 Å². The zero-order valence-electron chi connectivity index (χ0n) is 31.2. The summed E-state index contributed by atoms with van der Waals surface area (Å²) < 4.78 is 25.2. The van der Waals surface area contributed by atoms with Gasteiger partial charge in [0.2, 0.25) is 0 Å². The highest BCUT2D eigenvalue weighted by Gasteiger charge is 2.31. The predicted octanol–water partition coefficient (Wildman–Crippen LogP) is 10.7. The highest BCUT2D eigenvalue weighted by atomic mass is 32.1. The highest BCUT2D eigenvalue weighted by Crippen LogP contribution is 2.48. The Bertz CT molecular complexity index is 1410. The van der Waals surface area contributed by atoms with E-state index in [9.17, 15) is 9.59 Å². The molecule has 48 heavy (non-hydrogen) atoms. The summed E-state index contributed by atoms with van der Waals surface area (Å²) in [5, 5.41) is 2.05. The van der Waals surface area contributed by atoms with Crippen LogP contribution in [0.1, 0.15) is 131 Å². The monoisotopic (exact) mass is 696 g/mol. The lowest BCUT2D eigenvalue weighted by Gasteiger charge is -2.31. The number of hydrogen-bond acceptors (Lipinski definition) is 7. The molecule has 3 rings (SSSR count). The molecule has 0 radical (unpaired) electrons. The van der Waals surface area contributed by atoms with Crippen LogP contribution in [0.4, 0.5) is 0 Å². The lowest BCUT2D eigenvalue weighted by molar-refractivity contribution is -0.144. The minimum absolute atomic E-state index is 0.164. The normalized spacial score (nSPS) is 12.6. The Balaban J connectivity index is 1.99. The van der Waals surface area contributed by atoms with E-state index in [1.807, 2.05) is 19.9 Å². The van der Waals surface area contributed by atoms with Crippen LogP contribution in [0.5, 0.6) is 11.5 Å². The summed E-state index contributed by atoms with van der Waals surface area (Å²) in [6.07, 6.45) is 2.12. The van der Waals surface area contributed by atoms with Gasteiger partial charge in [-0.1, -0.05) is 99.6 Å². The molecule has 0 saturated heterocycles. The lowest BCUT2D eigenvalue weighted by atomic mass is 9.77. The first-order chi connectivity index (χ1) is 22.3. The Labute approximate surface area is 294 Å². The predicted molar refractivity (Wildman–Crippen MR) is 200 cm³/mol. The van der Waals surface area contributed by atoms with Crippen molar-refractivity contribution < 1.29 is 28.1 Å². The highest BCUT2D eigenvalue weighted by molar-refractivity contribution is 7.64. The molecule has 0 unspecified atom stereocenters. The molecule has 0 bridgehead atoms. The Kier molecular flexibility index (Phi) is 13.4. The molecule has 0 amide bonds. The summed E-state index contributed by atoms with van der Waals surface area (Å²) in [5.41, 5.74) is 3.63. The third-order valence-electron chi connectivity index (χ3n) is 8.71. The fourth-order valence-corrected chi connectivity index (χ4v) is 7.78. The second kappa shape index (κ2) is 16.2. The zero-order chi connectivity index (χ0) is 35.9. The van der Waals surface area contributed by atoms with E-state index in [0.717, 1.165) is 38.4 Å². The van der Waals surface area contributed by atoms with Gasteiger partial charge < -0.3 is 18.5 Å². The number of carbonyl (C=O) groups is 2. The molecule has 1 heterocycles. The van der Waals surface area contributed by atoms with Crippen molar-refractivity contribution in [2.75, 3.05) is 13.2 Å². The van der Waals surface area contributed by atoms with Gasteiger partial charge >= 0.3 is 20.3 Å². The van der Waals surface area contributed by atoms with E-state index < -0.39 is 8.38 Å². The molecule has 6 nitrogen and oxygen atoms in total. The molecule has 0 spiro atoms. The number of benzene rings is 2. The van der Waals surface area contributed by atoms with Gasteiger partial charge in [0.15, 0.2) is 0 Å². The number of esters is 2. The van der Waals surface area contributed by atoms with Crippen LogP contribution in [0.25, 0.3) is 0 Å². The van der Waals surface area contributed by atoms with Crippen molar-refractivity contribution >= 4 is 36.3 Å². The molecule has 8 heteroatoms.